The van der Waals surface area contributed by atoms with E-state index in [0.717, 1.165) is 25.2 Å². The first-order valence-electron chi connectivity index (χ1n) is 12.9. The lowest BCUT2D eigenvalue weighted by atomic mass is 10.0. The van der Waals surface area contributed by atoms with E-state index in [1.165, 1.54) is 36.4 Å². The first kappa shape index (κ1) is 30.3. The van der Waals surface area contributed by atoms with Crippen LogP contribution in [0.3, 0.4) is 0 Å². The Labute approximate surface area is 253 Å². The molecule has 0 spiro atoms. The van der Waals surface area contributed by atoms with Crippen molar-refractivity contribution in [2.75, 3.05) is 18.6 Å². The van der Waals surface area contributed by atoms with Gasteiger partial charge in [0.05, 0.1) is 23.4 Å². The summed E-state index contributed by atoms with van der Waals surface area (Å²) in [6, 6.07) is 7.96. The zero-order valence-corrected chi connectivity index (χ0v) is 23.6. The van der Waals surface area contributed by atoms with Crippen molar-refractivity contribution >= 4 is 46.7 Å². The lowest BCUT2D eigenvalue weighted by Crippen LogP contribution is -2.36. The summed E-state index contributed by atoms with van der Waals surface area (Å²) in [5.74, 6) is -2.46. The number of nitrogens with one attached hydrogen (secondary N) is 1. The number of imide groups is 1. The van der Waals surface area contributed by atoms with Gasteiger partial charge >= 0.3 is 12.6 Å². The van der Waals surface area contributed by atoms with Crippen LogP contribution in [0.5, 0.6) is 11.5 Å². The van der Waals surface area contributed by atoms with Crippen LogP contribution in [0.1, 0.15) is 50.8 Å². The average molecular weight is 638 g/mol. The maximum Gasteiger partial charge on any atom is 0.387 e. The molecule has 1 aliphatic carbocycles. The fourth-order valence-electron chi connectivity index (χ4n) is 4.49. The lowest BCUT2D eigenvalue weighted by Gasteiger charge is -2.22. The number of halogens is 4. The minimum Gasteiger partial charge on any atom is -0.619 e. The predicted molar refractivity (Wildman–Crippen MR) is 146 cm³/mol. The molecule has 0 radical (unpaired) electrons. The molecule has 1 saturated carbocycles. The monoisotopic (exact) mass is 637 g/mol. The number of carbonyl (C=O) groups is 3. The van der Waals surface area contributed by atoms with Crippen LogP contribution in [0.15, 0.2) is 48.8 Å². The molecule has 2 amide bonds. The topological polar surface area (TPSA) is 141 Å². The number of pyridine rings is 1. The highest BCUT2D eigenvalue weighted by atomic mass is 35.5. The van der Waals surface area contributed by atoms with Gasteiger partial charge in [0.2, 0.25) is 0 Å². The van der Waals surface area contributed by atoms with Gasteiger partial charge < -0.3 is 19.4 Å². The Balaban J connectivity index is 1.43. The number of ether oxygens (including phenoxy) is 3. The van der Waals surface area contributed by atoms with Gasteiger partial charge in [-0.3, -0.25) is 30.0 Å². The largest absolute Gasteiger partial charge is 0.619 e. The molecule has 11 nitrogen and oxygen atoms in total. The molecule has 3 aromatic rings. The van der Waals surface area contributed by atoms with Crippen LogP contribution in [0, 0.1) is 11.1 Å². The third-order valence-corrected chi connectivity index (χ3v) is 7.49. The molecule has 0 bridgehead atoms. The zero-order chi connectivity index (χ0) is 30.8. The second-order valence-electron chi connectivity index (χ2n) is 9.88. The number of alkyl halides is 2. The van der Waals surface area contributed by atoms with Crippen LogP contribution in [-0.4, -0.2) is 47.7 Å². The highest BCUT2D eigenvalue weighted by Crippen LogP contribution is 2.38. The Bertz CT molecular complexity index is 1560. The summed E-state index contributed by atoms with van der Waals surface area (Å²) in [7, 11) is 0. The quantitative estimate of drug-likeness (QED) is 0.0928. The molecular weight excluding hydrogens is 615 g/mol. The average Bonchev–Trinajstić information content (AvgIpc) is 3.76. The number of nitrogens with zero attached hydrogens (tertiary/aromatic N) is 2. The summed E-state index contributed by atoms with van der Waals surface area (Å²) in [6.07, 6.45) is 2.62. The lowest BCUT2D eigenvalue weighted by molar-refractivity contribution is -0.605. The van der Waals surface area contributed by atoms with Crippen LogP contribution in [0.25, 0.3) is 0 Å². The number of rotatable bonds is 12. The molecular formula is C28H23Cl2F2N3O8. The first-order valence-corrected chi connectivity index (χ1v) is 13.7. The number of fused-ring (bicyclic) bond motifs is 1. The van der Waals surface area contributed by atoms with E-state index in [1.807, 2.05) is 5.48 Å². The van der Waals surface area contributed by atoms with Crippen LogP contribution < -0.4 is 19.7 Å². The van der Waals surface area contributed by atoms with Gasteiger partial charge in [-0.2, -0.15) is 13.5 Å². The molecule has 1 aromatic heterocycles. The van der Waals surface area contributed by atoms with Crippen LogP contribution >= 0.6 is 23.2 Å². The Hall–Kier alpha value is -4.20. The summed E-state index contributed by atoms with van der Waals surface area (Å²) in [4.78, 5) is 39.7. The standard InChI is InChI=1S/C28H23Cl2F2N3O8/c29-20-10-34(40)11-21(30)19(20)9-23(15-3-6-22(43-28(31)32)24(7-15)41-13-14-1-2-14)42-25(36)12-35-26(37)17-5-4-16(33-39)8-18(17)27(35)38/h3-8,10-11,14,23,28,33,39H,1-2,9,12-13H2. The SMILES string of the molecule is O=C(CN1C(=O)c2ccc(NO)cc2C1=O)OC(Cc1c(Cl)c[n+]([O-])cc1Cl)c1ccc(OC(F)F)c(OCC2CC2)c1. The Morgan fingerprint density at radius 1 is 1.07 bits per heavy atom. The number of aromatic nitrogens is 1. The van der Waals surface area contributed by atoms with Gasteiger partial charge in [0, 0.05) is 12.0 Å². The normalized spacial score (nSPS) is 15.0. The molecule has 2 heterocycles. The maximum atomic E-state index is 13.2. The molecule has 15 heteroatoms. The summed E-state index contributed by atoms with van der Waals surface area (Å²) >= 11 is 12.5. The fraction of sp³-hybridized carbons (Fsp3) is 0.286. The van der Waals surface area contributed by atoms with Gasteiger partial charge in [-0.25, -0.2) is 0 Å². The summed E-state index contributed by atoms with van der Waals surface area (Å²) in [6.45, 7) is -3.62. The van der Waals surface area contributed by atoms with E-state index in [1.54, 1.807) is 0 Å². The van der Waals surface area contributed by atoms with Crippen molar-refractivity contribution in [1.29, 1.82) is 0 Å². The van der Waals surface area contributed by atoms with Crippen molar-refractivity contribution in [3.8, 4) is 11.5 Å². The van der Waals surface area contributed by atoms with Crippen LogP contribution in [0.2, 0.25) is 10.0 Å². The van der Waals surface area contributed by atoms with E-state index in [2.05, 4.69) is 4.74 Å². The molecule has 1 aliphatic heterocycles. The van der Waals surface area contributed by atoms with Crippen molar-refractivity contribution in [3.63, 3.8) is 0 Å². The molecule has 0 saturated heterocycles. The molecule has 43 heavy (non-hydrogen) atoms. The smallest absolute Gasteiger partial charge is 0.387 e. The van der Waals surface area contributed by atoms with Gasteiger partial charge in [0.25, 0.3) is 11.8 Å². The van der Waals surface area contributed by atoms with Crippen molar-refractivity contribution < 1.29 is 47.3 Å². The highest BCUT2D eigenvalue weighted by molar-refractivity contribution is 6.35. The van der Waals surface area contributed by atoms with Crippen molar-refractivity contribution in [2.45, 2.75) is 32.0 Å². The van der Waals surface area contributed by atoms with Gasteiger partial charge in [0.15, 0.2) is 23.9 Å². The number of anilines is 1. The van der Waals surface area contributed by atoms with E-state index in [4.69, 9.17) is 37.9 Å². The number of hydrogen-bond donors (Lipinski definition) is 2. The number of carbonyl (C=O) groups excluding carboxylic acids is 3. The van der Waals surface area contributed by atoms with E-state index in [-0.39, 0.29) is 68.4 Å². The number of hydrogen-bond acceptors (Lipinski definition) is 9. The summed E-state index contributed by atoms with van der Waals surface area (Å²) in [5, 5.41) is 20.8. The number of benzene rings is 2. The maximum absolute atomic E-state index is 13.2. The summed E-state index contributed by atoms with van der Waals surface area (Å²) in [5.41, 5.74) is 2.58. The van der Waals surface area contributed by atoms with Crippen molar-refractivity contribution in [3.05, 3.63) is 86.3 Å². The van der Waals surface area contributed by atoms with E-state index >= 15 is 0 Å². The molecule has 5 rings (SSSR count). The van der Waals surface area contributed by atoms with Crippen LogP contribution in [0.4, 0.5) is 14.5 Å². The fourth-order valence-corrected chi connectivity index (χ4v) is 5.09. The molecule has 1 fully saturated rings. The number of esters is 1. The Kier molecular flexibility index (Phi) is 8.85. The van der Waals surface area contributed by atoms with E-state index in [9.17, 15) is 28.4 Å². The zero-order valence-electron chi connectivity index (χ0n) is 22.1. The highest BCUT2D eigenvalue weighted by Gasteiger charge is 2.38. The third kappa shape index (κ3) is 6.90. The molecule has 1 atom stereocenters. The molecule has 2 aliphatic rings. The minimum absolute atomic E-state index is 0.0120. The number of amides is 2. The molecule has 226 valence electrons. The van der Waals surface area contributed by atoms with Gasteiger partial charge in [0.1, 0.15) is 22.7 Å². The van der Waals surface area contributed by atoms with Gasteiger partial charge in [-0.15, -0.1) is 0 Å². The minimum atomic E-state index is -3.12. The predicted octanol–water partition coefficient (Wildman–Crippen LogP) is 4.94. The molecule has 2 aromatic carbocycles. The van der Waals surface area contributed by atoms with Crippen molar-refractivity contribution in [1.82, 2.24) is 4.90 Å². The van der Waals surface area contributed by atoms with E-state index < -0.39 is 37.0 Å². The van der Waals surface area contributed by atoms with Gasteiger partial charge in [-0.1, -0.05) is 29.3 Å². The molecule has 2 N–H and O–H groups in total. The summed E-state index contributed by atoms with van der Waals surface area (Å²) < 4.78 is 42.6. The Morgan fingerprint density at radius 2 is 1.77 bits per heavy atom. The van der Waals surface area contributed by atoms with Gasteiger partial charge in [-0.05, 0) is 54.7 Å². The Morgan fingerprint density at radius 3 is 2.42 bits per heavy atom. The van der Waals surface area contributed by atoms with Crippen molar-refractivity contribution in [2.24, 2.45) is 5.92 Å². The second kappa shape index (κ2) is 12.6. The van der Waals surface area contributed by atoms with Crippen LogP contribution in [-0.2, 0) is 16.0 Å². The second-order valence-corrected chi connectivity index (χ2v) is 10.7. The van der Waals surface area contributed by atoms with E-state index in [0.29, 0.717) is 9.63 Å². The first-order chi connectivity index (χ1) is 20.5. The molecule has 1 unspecified atom stereocenters. The third-order valence-electron chi connectivity index (χ3n) is 6.84.